The van der Waals surface area contributed by atoms with Crippen LogP contribution in [-0.4, -0.2) is 23.5 Å². The van der Waals surface area contributed by atoms with Crippen molar-refractivity contribution in [3.05, 3.63) is 36.4 Å². The molecule has 6 heteroatoms. The fourth-order valence-electron chi connectivity index (χ4n) is 2.89. The molecule has 0 saturated heterocycles. The molecular weight excluding hydrogens is 306 g/mol. The Labute approximate surface area is 141 Å². The third-order valence-electron chi connectivity index (χ3n) is 4.33. The normalized spacial score (nSPS) is 15.8. The number of benzene rings is 1. The minimum Gasteiger partial charge on any atom is -0.507 e. The van der Waals surface area contributed by atoms with Crippen LogP contribution in [0, 0.1) is 16.7 Å². The van der Waals surface area contributed by atoms with Gasteiger partial charge in [-0.05, 0) is 37.1 Å². The SMILES string of the molecule is C=CC(=O)Nc1ccc(O)c(C(=O)NCC2(C#N)CCCCC2)c1. The van der Waals surface area contributed by atoms with Crippen molar-refractivity contribution in [2.24, 2.45) is 5.41 Å². The fourth-order valence-corrected chi connectivity index (χ4v) is 2.89. The number of phenols is 1. The maximum atomic E-state index is 12.4. The number of anilines is 1. The molecule has 0 unspecified atom stereocenters. The van der Waals surface area contributed by atoms with Gasteiger partial charge in [0.1, 0.15) is 5.75 Å². The van der Waals surface area contributed by atoms with Gasteiger partial charge in [-0.25, -0.2) is 0 Å². The lowest BCUT2D eigenvalue weighted by Gasteiger charge is -2.30. The number of rotatable bonds is 5. The van der Waals surface area contributed by atoms with Gasteiger partial charge < -0.3 is 15.7 Å². The Bertz CT molecular complexity index is 685. The van der Waals surface area contributed by atoms with Crippen molar-refractivity contribution in [2.45, 2.75) is 32.1 Å². The lowest BCUT2D eigenvalue weighted by molar-refractivity contribution is -0.111. The predicted octanol–water partition coefficient (Wildman–Crippen LogP) is 2.72. The number of amides is 2. The van der Waals surface area contributed by atoms with Crippen molar-refractivity contribution < 1.29 is 14.7 Å². The maximum absolute atomic E-state index is 12.4. The Kier molecular flexibility index (Phi) is 5.59. The molecule has 0 atom stereocenters. The van der Waals surface area contributed by atoms with Crippen LogP contribution in [0.2, 0.25) is 0 Å². The third-order valence-corrected chi connectivity index (χ3v) is 4.33. The second-order valence-electron chi connectivity index (χ2n) is 6.06. The summed E-state index contributed by atoms with van der Waals surface area (Å²) in [5.41, 5.74) is -0.0886. The number of carbonyl (C=O) groups is 2. The lowest BCUT2D eigenvalue weighted by atomic mass is 9.75. The number of aromatic hydroxyl groups is 1. The predicted molar refractivity (Wildman–Crippen MR) is 90.4 cm³/mol. The molecule has 2 amide bonds. The Balaban J connectivity index is 2.08. The van der Waals surface area contributed by atoms with Crippen molar-refractivity contribution in [3.63, 3.8) is 0 Å². The van der Waals surface area contributed by atoms with Gasteiger partial charge in [-0.15, -0.1) is 0 Å². The Morgan fingerprint density at radius 2 is 2.04 bits per heavy atom. The van der Waals surface area contributed by atoms with Gasteiger partial charge in [0.25, 0.3) is 5.91 Å². The van der Waals surface area contributed by atoms with Crippen LogP contribution in [0.4, 0.5) is 5.69 Å². The standard InChI is InChI=1S/C18H21N3O3/c1-2-16(23)21-13-6-7-15(22)14(10-13)17(24)20-12-18(11-19)8-4-3-5-9-18/h2,6-7,10,22H,1,3-5,8-9,12H2,(H,20,24)(H,21,23). The zero-order valence-corrected chi connectivity index (χ0v) is 13.5. The van der Waals surface area contributed by atoms with Crippen LogP contribution in [0.3, 0.4) is 0 Å². The molecule has 3 N–H and O–H groups in total. The molecule has 1 aliphatic rings. The second-order valence-corrected chi connectivity index (χ2v) is 6.06. The lowest BCUT2D eigenvalue weighted by Crippen LogP contribution is -2.38. The summed E-state index contributed by atoms with van der Waals surface area (Å²) in [7, 11) is 0. The van der Waals surface area contributed by atoms with E-state index in [1.165, 1.54) is 18.2 Å². The van der Waals surface area contributed by atoms with E-state index in [-0.39, 0.29) is 17.9 Å². The molecule has 1 fully saturated rings. The highest BCUT2D eigenvalue weighted by atomic mass is 16.3. The van der Waals surface area contributed by atoms with Crippen LogP contribution in [0.15, 0.2) is 30.9 Å². The van der Waals surface area contributed by atoms with Crippen molar-refractivity contribution >= 4 is 17.5 Å². The minimum absolute atomic E-state index is 0.0563. The van der Waals surface area contributed by atoms with Gasteiger partial charge in [0.2, 0.25) is 5.91 Å². The smallest absolute Gasteiger partial charge is 0.255 e. The summed E-state index contributed by atoms with van der Waals surface area (Å²) in [5, 5.41) is 24.6. The molecule has 0 aromatic heterocycles. The van der Waals surface area contributed by atoms with Crippen LogP contribution in [0.25, 0.3) is 0 Å². The first-order valence-corrected chi connectivity index (χ1v) is 7.95. The van der Waals surface area contributed by atoms with Crippen LogP contribution < -0.4 is 10.6 Å². The number of carbonyl (C=O) groups excluding carboxylic acids is 2. The third kappa shape index (κ3) is 4.13. The molecule has 24 heavy (non-hydrogen) atoms. The monoisotopic (exact) mass is 327 g/mol. The van der Waals surface area contributed by atoms with Crippen LogP contribution >= 0.6 is 0 Å². The molecule has 0 heterocycles. The Morgan fingerprint density at radius 1 is 1.33 bits per heavy atom. The highest BCUT2D eigenvalue weighted by Gasteiger charge is 2.32. The van der Waals surface area contributed by atoms with E-state index < -0.39 is 17.2 Å². The van der Waals surface area contributed by atoms with Gasteiger partial charge in [0.15, 0.2) is 0 Å². The summed E-state index contributed by atoms with van der Waals surface area (Å²) in [5.74, 6) is -1.06. The first-order valence-electron chi connectivity index (χ1n) is 7.95. The zero-order chi connectivity index (χ0) is 17.6. The molecule has 0 spiro atoms. The summed E-state index contributed by atoms with van der Waals surface area (Å²) < 4.78 is 0. The van der Waals surface area contributed by atoms with Crippen LogP contribution in [0.5, 0.6) is 5.75 Å². The largest absolute Gasteiger partial charge is 0.507 e. The van der Waals surface area contributed by atoms with E-state index in [2.05, 4.69) is 23.3 Å². The highest BCUT2D eigenvalue weighted by Crippen LogP contribution is 2.35. The minimum atomic E-state index is -0.530. The fraction of sp³-hybridized carbons (Fsp3) is 0.389. The maximum Gasteiger partial charge on any atom is 0.255 e. The number of nitrogens with zero attached hydrogens (tertiary/aromatic N) is 1. The molecule has 126 valence electrons. The first kappa shape index (κ1) is 17.5. The molecule has 0 bridgehead atoms. The van der Waals surface area contributed by atoms with E-state index in [1.807, 2.05) is 0 Å². The second kappa shape index (κ2) is 7.64. The van der Waals surface area contributed by atoms with Crippen LogP contribution in [0.1, 0.15) is 42.5 Å². The van der Waals surface area contributed by atoms with E-state index in [0.29, 0.717) is 5.69 Å². The van der Waals surface area contributed by atoms with Crippen molar-refractivity contribution in [1.29, 1.82) is 5.26 Å². The average Bonchev–Trinajstić information content (AvgIpc) is 2.62. The molecular formula is C18H21N3O3. The summed E-state index contributed by atoms with van der Waals surface area (Å²) in [6, 6.07) is 6.57. The Hall–Kier alpha value is -2.81. The summed E-state index contributed by atoms with van der Waals surface area (Å²) in [6.45, 7) is 3.61. The number of nitriles is 1. The van der Waals surface area contributed by atoms with Crippen molar-refractivity contribution in [2.75, 3.05) is 11.9 Å². The van der Waals surface area contributed by atoms with Gasteiger partial charge >= 0.3 is 0 Å². The number of hydrogen-bond acceptors (Lipinski definition) is 4. The summed E-state index contributed by atoms with van der Waals surface area (Å²) in [4.78, 5) is 23.7. The highest BCUT2D eigenvalue weighted by molar-refractivity contribution is 6.01. The molecule has 2 rings (SSSR count). The number of nitrogens with one attached hydrogen (secondary N) is 2. The first-order chi connectivity index (χ1) is 11.5. The van der Waals surface area contributed by atoms with Gasteiger partial charge in [-0.1, -0.05) is 25.8 Å². The summed E-state index contributed by atoms with van der Waals surface area (Å²) in [6.07, 6.45) is 5.74. The van der Waals surface area contributed by atoms with Gasteiger partial charge in [0.05, 0.1) is 17.0 Å². The molecule has 6 nitrogen and oxygen atoms in total. The van der Waals surface area contributed by atoms with E-state index in [0.717, 1.165) is 38.2 Å². The molecule has 0 aliphatic heterocycles. The molecule has 1 saturated carbocycles. The van der Waals surface area contributed by atoms with Crippen molar-refractivity contribution in [1.82, 2.24) is 5.32 Å². The molecule has 1 aromatic rings. The summed E-state index contributed by atoms with van der Waals surface area (Å²) >= 11 is 0. The van der Waals surface area contributed by atoms with Gasteiger partial charge in [-0.2, -0.15) is 5.26 Å². The topological polar surface area (TPSA) is 102 Å². The number of hydrogen-bond donors (Lipinski definition) is 3. The van der Waals surface area contributed by atoms with Crippen LogP contribution in [-0.2, 0) is 4.79 Å². The number of phenolic OH excluding ortho intramolecular Hbond substituents is 1. The molecule has 0 radical (unpaired) electrons. The van der Waals surface area contributed by atoms with E-state index >= 15 is 0 Å². The van der Waals surface area contributed by atoms with E-state index in [1.54, 1.807) is 0 Å². The Morgan fingerprint density at radius 3 is 2.67 bits per heavy atom. The van der Waals surface area contributed by atoms with E-state index in [4.69, 9.17) is 0 Å². The van der Waals surface area contributed by atoms with Crippen molar-refractivity contribution in [3.8, 4) is 11.8 Å². The van der Waals surface area contributed by atoms with Gasteiger partial charge in [-0.3, -0.25) is 9.59 Å². The molecule has 1 aromatic carbocycles. The average molecular weight is 327 g/mol. The van der Waals surface area contributed by atoms with E-state index in [9.17, 15) is 20.0 Å². The van der Waals surface area contributed by atoms with Gasteiger partial charge in [0, 0.05) is 12.2 Å². The molecule has 1 aliphatic carbocycles. The zero-order valence-electron chi connectivity index (χ0n) is 13.5. The quantitative estimate of drug-likeness (QED) is 0.571.